The van der Waals surface area contributed by atoms with Crippen LogP contribution >= 0.6 is 0 Å². The zero-order valence-electron chi connectivity index (χ0n) is 19.6. The van der Waals surface area contributed by atoms with Gasteiger partial charge in [-0.25, -0.2) is 13.1 Å². The molecule has 0 saturated carbocycles. The molecule has 32 heavy (non-hydrogen) atoms. The summed E-state index contributed by atoms with van der Waals surface area (Å²) in [6.07, 6.45) is 3.72. The molecule has 4 N–H and O–H groups in total. The minimum atomic E-state index is -3.83. The number of benzene rings is 2. The number of aliphatic hydroxyl groups excluding tert-OH is 1. The Morgan fingerprint density at radius 1 is 1.06 bits per heavy atom. The van der Waals surface area contributed by atoms with Crippen molar-refractivity contribution in [3.8, 4) is 0 Å². The molecule has 0 aromatic heterocycles. The molecule has 2 atom stereocenters. The molecule has 3 rings (SSSR count). The highest BCUT2D eigenvalue weighted by molar-refractivity contribution is 7.89. The summed E-state index contributed by atoms with van der Waals surface area (Å²) in [5.41, 5.74) is 8.07. The number of sulfonamides is 1. The summed E-state index contributed by atoms with van der Waals surface area (Å²) in [5.74, 6) is -0.521. The Morgan fingerprint density at radius 2 is 1.72 bits per heavy atom. The fourth-order valence-electron chi connectivity index (χ4n) is 4.80. The highest BCUT2D eigenvalue weighted by Gasteiger charge is 2.49. The van der Waals surface area contributed by atoms with Crippen LogP contribution in [0.1, 0.15) is 69.4 Å². The molecule has 0 spiro atoms. The van der Waals surface area contributed by atoms with E-state index in [-0.39, 0.29) is 4.90 Å². The van der Waals surface area contributed by atoms with E-state index >= 15 is 0 Å². The molecule has 2 aromatic carbocycles. The molecule has 2 aromatic rings. The molecule has 0 saturated heterocycles. The van der Waals surface area contributed by atoms with Crippen LogP contribution in [0.5, 0.6) is 0 Å². The Labute approximate surface area is 192 Å². The number of nitrogens with one attached hydrogen (secondary N) is 1. The first-order valence-electron chi connectivity index (χ1n) is 11.5. The van der Waals surface area contributed by atoms with Crippen LogP contribution in [0.15, 0.2) is 47.4 Å². The number of nitrogens with two attached hydrogens (primary N) is 1. The van der Waals surface area contributed by atoms with Crippen molar-refractivity contribution in [3.63, 3.8) is 0 Å². The van der Waals surface area contributed by atoms with Crippen molar-refractivity contribution in [2.24, 2.45) is 0 Å². The molecule has 0 aliphatic carbocycles. The highest BCUT2D eigenvalue weighted by atomic mass is 32.2. The Morgan fingerprint density at radius 3 is 2.28 bits per heavy atom. The van der Waals surface area contributed by atoms with Crippen LogP contribution in [0, 0.1) is 0 Å². The topological polar surface area (TPSA) is 95.7 Å². The van der Waals surface area contributed by atoms with E-state index in [1.807, 2.05) is 49.3 Å². The van der Waals surface area contributed by atoms with Crippen LogP contribution < -0.4 is 15.4 Å². The molecule has 1 aliphatic heterocycles. The minimum Gasteiger partial charge on any atom is -0.399 e. The molecule has 1 heterocycles. The Bertz CT molecular complexity index is 1030. The summed E-state index contributed by atoms with van der Waals surface area (Å²) >= 11 is 0. The second-order valence-corrected chi connectivity index (χ2v) is 10.8. The third-order valence-electron chi connectivity index (χ3n) is 6.58. The third kappa shape index (κ3) is 4.80. The Balaban J connectivity index is 2.31. The first kappa shape index (κ1) is 24.6. The van der Waals surface area contributed by atoms with E-state index in [2.05, 4.69) is 18.6 Å². The van der Waals surface area contributed by atoms with Gasteiger partial charge < -0.3 is 15.7 Å². The standard InChI is InChI=1S/C25H37N3O3S/c1-5-7-14-25(15-8-6-2)24(29)23(18-10-9-11-19(26)16-18)21-17-20(28(3)4)12-13-22(21)32(30,31)27-25/h9-13,16-17,23-24,27,29H,5-8,14-15,26H2,1-4H3/t23-,24-/m1/s1. The summed E-state index contributed by atoms with van der Waals surface area (Å²) < 4.78 is 30.3. The second kappa shape index (κ2) is 9.81. The number of hydrogen-bond donors (Lipinski definition) is 3. The number of nitrogen functional groups attached to an aromatic ring is 1. The first-order valence-corrected chi connectivity index (χ1v) is 13.0. The summed E-state index contributed by atoms with van der Waals surface area (Å²) in [6, 6.07) is 12.8. The predicted molar refractivity (Wildman–Crippen MR) is 132 cm³/mol. The van der Waals surface area contributed by atoms with Crippen molar-refractivity contribution < 1.29 is 13.5 Å². The van der Waals surface area contributed by atoms with Crippen LogP contribution in [0.3, 0.4) is 0 Å². The first-order chi connectivity index (χ1) is 15.1. The van der Waals surface area contributed by atoms with Gasteiger partial charge >= 0.3 is 0 Å². The van der Waals surface area contributed by atoms with Gasteiger partial charge in [-0.1, -0.05) is 51.7 Å². The van der Waals surface area contributed by atoms with Crippen LogP contribution in [-0.4, -0.2) is 39.3 Å². The van der Waals surface area contributed by atoms with Gasteiger partial charge in [0.1, 0.15) is 0 Å². The lowest BCUT2D eigenvalue weighted by Gasteiger charge is -2.40. The van der Waals surface area contributed by atoms with Crippen LogP contribution in [-0.2, 0) is 10.0 Å². The van der Waals surface area contributed by atoms with Gasteiger partial charge in [0.15, 0.2) is 0 Å². The maximum absolute atomic E-state index is 13.6. The summed E-state index contributed by atoms with van der Waals surface area (Å²) in [5, 5.41) is 12.0. The van der Waals surface area contributed by atoms with Gasteiger partial charge in [0.25, 0.3) is 0 Å². The second-order valence-electron chi connectivity index (χ2n) is 9.18. The summed E-state index contributed by atoms with van der Waals surface area (Å²) in [6.45, 7) is 4.16. The number of aliphatic hydroxyl groups is 1. The number of rotatable bonds is 8. The number of unbranched alkanes of at least 4 members (excludes halogenated alkanes) is 2. The molecule has 0 amide bonds. The lowest BCUT2D eigenvalue weighted by atomic mass is 9.73. The van der Waals surface area contributed by atoms with E-state index in [9.17, 15) is 13.5 Å². The minimum absolute atomic E-state index is 0.226. The number of nitrogens with zero attached hydrogens (tertiary/aromatic N) is 1. The molecular formula is C25H37N3O3S. The van der Waals surface area contributed by atoms with E-state index < -0.39 is 27.6 Å². The average molecular weight is 460 g/mol. The van der Waals surface area contributed by atoms with Crippen molar-refractivity contribution >= 4 is 21.4 Å². The zero-order valence-corrected chi connectivity index (χ0v) is 20.5. The van der Waals surface area contributed by atoms with Gasteiger partial charge in [0.05, 0.1) is 16.5 Å². The zero-order chi connectivity index (χ0) is 23.5. The molecule has 0 fully saturated rings. The Hall–Kier alpha value is -2.09. The molecular weight excluding hydrogens is 422 g/mol. The van der Waals surface area contributed by atoms with Gasteiger partial charge in [-0.2, -0.15) is 0 Å². The van der Waals surface area contributed by atoms with E-state index in [0.29, 0.717) is 24.1 Å². The number of hydrogen-bond acceptors (Lipinski definition) is 5. The quantitative estimate of drug-likeness (QED) is 0.513. The summed E-state index contributed by atoms with van der Waals surface area (Å²) in [4.78, 5) is 2.17. The highest BCUT2D eigenvalue weighted by Crippen LogP contribution is 2.44. The van der Waals surface area contributed by atoms with Crippen LogP contribution in [0.4, 0.5) is 11.4 Å². The maximum Gasteiger partial charge on any atom is 0.241 e. The predicted octanol–water partition coefficient (Wildman–Crippen LogP) is 4.24. The molecule has 6 nitrogen and oxygen atoms in total. The van der Waals surface area contributed by atoms with Gasteiger partial charge in [0.2, 0.25) is 10.0 Å². The number of anilines is 2. The SMILES string of the molecule is CCCCC1(CCCC)NS(=O)(=O)c2ccc(N(C)C)cc2[C@@H](c2cccc(N)c2)[C@H]1O. The fourth-order valence-corrected chi connectivity index (χ4v) is 6.51. The van der Waals surface area contributed by atoms with Crippen LogP contribution in [0.2, 0.25) is 0 Å². The van der Waals surface area contributed by atoms with E-state index in [4.69, 9.17) is 5.73 Å². The van der Waals surface area contributed by atoms with Gasteiger partial charge in [-0.15, -0.1) is 0 Å². The molecule has 0 radical (unpaired) electrons. The van der Waals surface area contributed by atoms with Crippen molar-refractivity contribution in [1.82, 2.24) is 4.72 Å². The van der Waals surface area contributed by atoms with Crippen LogP contribution in [0.25, 0.3) is 0 Å². The van der Waals surface area contributed by atoms with Crippen molar-refractivity contribution in [1.29, 1.82) is 0 Å². The van der Waals surface area contributed by atoms with E-state index in [0.717, 1.165) is 36.9 Å². The molecule has 7 heteroatoms. The van der Waals surface area contributed by atoms with Gasteiger partial charge in [-0.3, -0.25) is 0 Å². The lowest BCUT2D eigenvalue weighted by Crippen LogP contribution is -2.56. The smallest absolute Gasteiger partial charge is 0.241 e. The molecule has 0 bridgehead atoms. The fraction of sp³-hybridized carbons (Fsp3) is 0.520. The number of fused-ring (bicyclic) bond motifs is 1. The molecule has 1 aliphatic rings. The monoisotopic (exact) mass is 459 g/mol. The maximum atomic E-state index is 13.6. The van der Waals surface area contributed by atoms with Crippen molar-refractivity contribution in [2.45, 2.75) is 74.8 Å². The van der Waals surface area contributed by atoms with Crippen molar-refractivity contribution in [2.75, 3.05) is 24.7 Å². The van der Waals surface area contributed by atoms with E-state index in [1.165, 1.54) is 0 Å². The summed E-state index contributed by atoms with van der Waals surface area (Å²) in [7, 11) is 0.00796. The Kier molecular flexibility index (Phi) is 7.53. The molecule has 0 unspecified atom stereocenters. The average Bonchev–Trinajstić information content (AvgIpc) is 2.82. The third-order valence-corrected chi connectivity index (χ3v) is 8.20. The normalized spacial score (nSPS) is 21.5. The van der Waals surface area contributed by atoms with E-state index in [1.54, 1.807) is 12.1 Å². The van der Waals surface area contributed by atoms with Gasteiger partial charge in [0, 0.05) is 31.4 Å². The van der Waals surface area contributed by atoms with Crippen molar-refractivity contribution in [3.05, 3.63) is 53.6 Å². The molecule has 176 valence electrons. The lowest BCUT2D eigenvalue weighted by molar-refractivity contribution is 0.0470. The van der Waals surface area contributed by atoms with Gasteiger partial charge in [-0.05, 0) is 54.3 Å². The largest absolute Gasteiger partial charge is 0.399 e.